The lowest BCUT2D eigenvalue weighted by Crippen LogP contribution is -3.13. The van der Waals surface area contributed by atoms with Gasteiger partial charge < -0.3 is 14.4 Å². The number of hydrogen-bond donors (Lipinski definition) is 3. The summed E-state index contributed by atoms with van der Waals surface area (Å²) < 4.78 is 5.79. The zero-order valence-corrected chi connectivity index (χ0v) is 23.9. The molecule has 40 heavy (non-hydrogen) atoms. The monoisotopic (exact) mass is 540 g/mol. The van der Waals surface area contributed by atoms with Crippen molar-refractivity contribution in [1.29, 1.82) is 0 Å². The SMILES string of the molecule is CCCC[NH+](CCCC)CC(C(C)=NNc1ccccc1)C(c1ccccc1)c1c(O)c2ccccc2oc1=O. The maximum atomic E-state index is 13.6. The maximum Gasteiger partial charge on any atom is 0.343 e. The first-order valence-corrected chi connectivity index (χ1v) is 14.5. The van der Waals surface area contributed by atoms with E-state index < -0.39 is 11.5 Å². The number of quaternary nitrogens is 1. The van der Waals surface area contributed by atoms with Crippen LogP contribution >= 0.6 is 0 Å². The number of rotatable bonds is 14. The second-order valence-electron chi connectivity index (χ2n) is 10.5. The molecule has 1 heterocycles. The normalized spacial score (nSPS) is 13.4. The summed E-state index contributed by atoms with van der Waals surface area (Å²) in [4.78, 5) is 15.1. The number of para-hydroxylation sites is 2. The van der Waals surface area contributed by atoms with Gasteiger partial charge in [-0.05, 0) is 49.6 Å². The maximum absolute atomic E-state index is 13.6. The van der Waals surface area contributed by atoms with Crippen LogP contribution in [0.15, 0.2) is 99.2 Å². The summed E-state index contributed by atoms with van der Waals surface area (Å²) >= 11 is 0. The van der Waals surface area contributed by atoms with Crippen molar-refractivity contribution in [3.8, 4) is 5.75 Å². The minimum Gasteiger partial charge on any atom is -0.507 e. The van der Waals surface area contributed by atoms with Crippen LogP contribution in [0, 0.1) is 5.92 Å². The highest BCUT2D eigenvalue weighted by Crippen LogP contribution is 2.38. The summed E-state index contributed by atoms with van der Waals surface area (Å²) in [5.41, 5.74) is 6.09. The molecule has 0 aliphatic carbocycles. The molecule has 6 nitrogen and oxygen atoms in total. The van der Waals surface area contributed by atoms with Crippen molar-refractivity contribution >= 4 is 22.4 Å². The van der Waals surface area contributed by atoms with Crippen LogP contribution in [0.4, 0.5) is 5.69 Å². The van der Waals surface area contributed by atoms with Gasteiger partial charge in [-0.3, -0.25) is 5.43 Å². The van der Waals surface area contributed by atoms with E-state index in [-0.39, 0.29) is 17.2 Å². The van der Waals surface area contributed by atoms with Crippen molar-refractivity contribution in [1.82, 2.24) is 0 Å². The molecule has 0 saturated carbocycles. The van der Waals surface area contributed by atoms with Crippen molar-refractivity contribution in [3.05, 3.63) is 106 Å². The Hall–Kier alpha value is -3.90. The van der Waals surface area contributed by atoms with Crippen LogP contribution in [-0.2, 0) is 0 Å². The minimum absolute atomic E-state index is 0.0156. The first-order valence-electron chi connectivity index (χ1n) is 14.5. The molecular formula is C34H42N3O3+. The fourth-order valence-electron chi connectivity index (χ4n) is 5.43. The molecule has 0 radical (unpaired) electrons. The summed E-state index contributed by atoms with van der Waals surface area (Å²) in [5, 5.41) is 17.0. The number of nitrogens with zero attached hydrogens (tertiary/aromatic N) is 1. The lowest BCUT2D eigenvalue weighted by molar-refractivity contribution is -0.903. The number of benzene rings is 3. The van der Waals surface area contributed by atoms with Crippen LogP contribution in [0.1, 0.15) is 63.5 Å². The summed E-state index contributed by atoms with van der Waals surface area (Å²) in [7, 11) is 0. The number of aromatic hydroxyl groups is 1. The van der Waals surface area contributed by atoms with Crippen LogP contribution in [0.5, 0.6) is 5.75 Å². The van der Waals surface area contributed by atoms with E-state index in [9.17, 15) is 9.90 Å². The lowest BCUT2D eigenvalue weighted by atomic mass is 9.78. The first kappa shape index (κ1) is 29.1. The summed E-state index contributed by atoms with van der Waals surface area (Å²) in [6, 6.07) is 27.0. The minimum atomic E-state index is -0.512. The van der Waals surface area contributed by atoms with Crippen molar-refractivity contribution in [2.75, 3.05) is 25.1 Å². The van der Waals surface area contributed by atoms with Gasteiger partial charge in [0.25, 0.3) is 0 Å². The summed E-state index contributed by atoms with van der Waals surface area (Å²) in [6.45, 7) is 9.33. The van der Waals surface area contributed by atoms with Crippen molar-refractivity contribution < 1.29 is 14.4 Å². The van der Waals surface area contributed by atoms with Gasteiger partial charge >= 0.3 is 5.63 Å². The summed E-state index contributed by atoms with van der Waals surface area (Å²) in [5.74, 6) is -0.628. The standard InChI is InChI=1S/C34H41N3O3/c1-4-6-22-37(23-7-5-2)24-29(25(3)35-36-27-18-12-9-13-19-27)31(26-16-10-8-11-17-26)32-33(38)28-20-14-15-21-30(28)40-34(32)39/h8-21,29,31,36,38H,4-7,22-24H2,1-3H3/p+1. The van der Waals surface area contributed by atoms with Gasteiger partial charge in [-0.25, -0.2) is 4.79 Å². The highest BCUT2D eigenvalue weighted by Gasteiger charge is 2.36. The van der Waals surface area contributed by atoms with E-state index in [1.165, 1.54) is 4.90 Å². The number of hydrogen-bond acceptors (Lipinski definition) is 5. The Bertz CT molecular complexity index is 1430. The van der Waals surface area contributed by atoms with Gasteiger partial charge in [0.2, 0.25) is 0 Å². The predicted molar refractivity (Wildman–Crippen MR) is 164 cm³/mol. The molecule has 2 unspecified atom stereocenters. The summed E-state index contributed by atoms with van der Waals surface area (Å²) in [6.07, 6.45) is 4.51. The van der Waals surface area contributed by atoms with E-state index in [2.05, 4.69) is 19.3 Å². The molecule has 1 aromatic heterocycles. The fraction of sp³-hybridized carbons (Fsp3) is 0.353. The fourth-order valence-corrected chi connectivity index (χ4v) is 5.43. The van der Waals surface area contributed by atoms with Gasteiger partial charge in [0.1, 0.15) is 11.3 Å². The van der Waals surface area contributed by atoms with Crippen LogP contribution in [0.3, 0.4) is 0 Å². The zero-order valence-electron chi connectivity index (χ0n) is 23.9. The second-order valence-corrected chi connectivity index (χ2v) is 10.5. The lowest BCUT2D eigenvalue weighted by Gasteiger charge is -2.31. The molecule has 0 bridgehead atoms. The topological polar surface area (TPSA) is 79.3 Å². The number of fused-ring (bicyclic) bond motifs is 1. The van der Waals surface area contributed by atoms with Crippen LogP contribution in [0.2, 0.25) is 0 Å². The molecule has 6 heteroatoms. The van der Waals surface area contributed by atoms with Gasteiger partial charge in [0, 0.05) is 11.6 Å². The van der Waals surface area contributed by atoms with E-state index in [0.29, 0.717) is 11.0 Å². The largest absolute Gasteiger partial charge is 0.507 e. The highest BCUT2D eigenvalue weighted by molar-refractivity contribution is 5.88. The Labute approximate surface area is 237 Å². The number of anilines is 1. The van der Waals surface area contributed by atoms with Crippen LogP contribution < -0.4 is 16.0 Å². The quantitative estimate of drug-likeness (QED) is 0.101. The van der Waals surface area contributed by atoms with Gasteiger partial charge in [-0.15, -0.1) is 0 Å². The third-order valence-electron chi connectivity index (χ3n) is 7.64. The zero-order chi connectivity index (χ0) is 28.3. The average Bonchev–Trinajstić information content (AvgIpc) is 2.99. The Morgan fingerprint density at radius 2 is 1.50 bits per heavy atom. The molecule has 0 amide bonds. The van der Waals surface area contributed by atoms with E-state index in [0.717, 1.165) is 62.3 Å². The number of hydrazone groups is 1. The van der Waals surface area contributed by atoms with Gasteiger partial charge in [0.05, 0.1) is 42.2 Å². The van der Waals surface area contributed by atoms with Crippen LogP contribution in [0.25, 0.3) is 11.0 Å². The van der Waals surface area contributed by atoms with E-state index in [4.69, 9.17) is 9.52 Å². The first-order chi connectivity index (χ1) is 19.5. The Morgan fingerprint density at radius 1 is 0.900 bits per heavy atom. The third kappa shape index (κ3) is 7.19. The number of nitrogens with one attached hydrogen (secondary N) is 2. The van der Waals surface area contributed by atoms with Crippen molar-refractivity contribution in [3.63, 3.8) is 0 Å². The molecule has 0 aliphatic rings. The van der Waals surface area contributed by atoms with Gasteiger partial charge in [-0.1, -0.05) is 87.4 Å². The third-order valence-corrected chi connectivity index (χ3v) is 7.64. The molecule has 0 fully saturated rings. The van der Waals surface area contributed by atoms with E-state index in [1.807, 2.05) is 73.7 Å². The highest BCUT2D eigenvalue weighted by atomic mass is 16.4. The molecule has 0 aliphatic heterocycles. The van der Waals surface area contributed by atoms with Crippen molar-refractivity contribution in [2.45, 2.75) is 52.4 Å². The molecule has 210 valence electrons. The second kappa shape index (κ2) is 14.5. The molecule has 4 rings (SSSR count). The molecule has 4 aromatic rings. The molecule has 0 saturated heterocycles. The van der Waals surface area contributed by atoms with Gasteiger partial charge in [0.15, 0.2) is 0 Å². The van der Waals surface area contributed by atoms with Crippen LogP contribution in [-0.4, -0.2) is 30.5 Å². The molecule has 2 atom stereocenters. The molecule has 3 N–H and O–H groups in total. The molecule has 3 aromatic carbocycles. The van der Waals surface area contributed by atoms with Gasteiger partial charge in [-0.2, -0.15) is 5.10 Å². The van der Waals surface area contributed by atoms with E-state index >= 15 is 0 Å². The molecular weight excluding hydrogens is 498 g/mol. The Kier molecular flexibility index (Phi) is 10.5. The molecule has 0 spiro atoms. The number of unbranched alkanes of at least 4 members (excludes halogenated alkanes) is 2. The Balaban J connectivity index is 1.87. The Morgan fingerprint density at radius 3 is 2.15 bits per heavy atom. The smallest absolute Gasteiger partial charge is 0.343 e. The van der Waals surface area contributed by atoms with Crippen molar-refractivity contribution in [2.24, 2.45) is 11.0 Å². The van der Waals surface area contributed by atoms with E-state index in [1.54, 1.807) is 18.2 Å². The predicted octanol–water partition coefficient (Wildman–Crippen LogP) is 6.22. The average molecular weight is 541 g/mol.